The van der Waals surface area contributed by atoms with Crippen molar-refractivity contribution in [2.45, 2.75) is 39.2 Å². The highest BCUT2D eigenvalue weighted by atomic mass is 19.1. The van der Waals surface area contributed by atoms with Gasteiger partial charge in [0.25, 0.3) is 5.91 Å². The number of nitrogens with zero attached hydrogens (tertiary/aromatic N) is 2. The number of carbonyl (C=O) groups is 1. The van der Waals surface area contributed by atoms with Gasteiger partial charge >= 0.3 is 0 Å². The zero-order valence-electron chi connectivity index (χ0n) is 18.2. The summed E-state index contributed by atoms with van der Waals surface area (Å²) in [6, 6.07) is 14.3. The van der Waals surface area contributed by atoms with Crippen molar-refractivity contribution < 1.29 is 14.1 Å². The van der Waals surface area contributed by atoms with E-state index in [1.807, 2.05) is 31.2 Å². The van der Waals surface area contributed by atoms with Gasteiger partial charge in [-0.2, -0.15) is 5.10 Å². The Balaban J connectivity index is 1.60. The predicted molar refractivity (Wildman–Crippen MR) is 120 cm³/mol. The number of piperidine rings is 1. The van der Waals surface area contributed by atoms with Crippen molar-refractivity contribution in [1.29, 1.82) is 0 Å². The van der Waals surface area contributed by atoms with Crippen LogP contribution in [0.3, 0.4) is 0 Å². The fourth-order valence-corrected chi connectivity index (χ4v) is 4.31. The summed E-state index contributed by atoms with van der Waals surface area (Å²) in [6.07, 6.45) is 4.92. The van der Waals surface area contributed by atoms with Crippen LogP contribution in [0.5, 0.6) is 0 Å². The minimum atomic E-state index is -0.302. The molecule has 0 unspecified atom stereocenters. The average molecular weight is 422 g/mol. The van der Waals surface area contributed by atoms with Gasteiger partial charge in [0.1, 0.15) is 11.5 Å². The first-order valence-electron chi connectivity index (χ1n) is 11.1. The van der Waals surface area contributed by atoms with Gasteiger partial charge < -0.3 is 10.2 Å². The molecule has 2 heterocycles. The fourth-order valence-electron chi connectivity index (χ4n) is 4.31. The molecule has 1 aliphatic heterocycles. The van der Waals surface area contributed by atoms with Gasteiger partial charge in [-0.25, -0.2) is 9.07 Å². The van der Waals surface area contributed by atoms with E-state index < -0.39 is 0 Å². The molecule has 0 atom stereocenters. The molecular formula is C25H30FN4O+. The third-order valence-electron chi connectivity index (χ3n) is 5.97. The van der Waals surface area contributed by atoms with Crippen LogP contribution in [-0.2, 0) is 0 Å². The maximum absolute atomic E-state index is 13.4. The first kappa shape index (κ1) is 21.2. The molecule has 1 amide bonds. The number of benzene rings is 2. The molecule has 0 aliphatic carbocycles. The van der Waals surface area contributed by atoms with Crippen LogP contribution >= 0.6 is 0 Å². The van der Waals surface area contributed by atoms with E-state index in [1.54, 1.807) is 27.9 Å². The molecule has 2 N–H and O–H groups in total. The Morgan fingerprint density at radius 2 is 1.94 bits per heavy atom. The number of nitrogens with one attached hydrogen (secondary N) is 2. The number of rotatable bonds is 6. The van der Waals surface area contributed by atoms with Crippen LogP contribution < -0.4 is 10.2 Å². The Labute approximate surface area is 182 Å². The number of aryl methyl sites for hydroxylation is 1. The van der Waals surface area contributed by atoms with Gasteiger partial charge in [-0.05, 0) is 43.7 Å². The Morgan fingerprint density at radius 3 is 2.61 bits per heavy atom. The molecule has 5 nitrogen and oxygen atoms in total. The minimum Gasteiger partial charge on any atom is -0.349 e. The Hall–Kier alpha value is -2.99. The summed E-state index contributed by atoms with van der Waals surface area (Å²) < 4.78 is 15.0. The first-order chi connectivity index (χ1) is 15.0. The van der Waals surface area contributed by atoms with Crippen LogP contribution in [0.15, 0.2) is 54.7 Å². The summed E-state index contributed by atoms with van der Waals surface area (Å²) in [5, 5.41) is 7.93. The number of halogens is 1. The molecule has 1 fully saturated rings. The summed E-state index contributed by atoms with van der Waals surface area (Å²) in [4.78, 5) is 14.9. The third kappa shape index (κ3) is 5.02. The molecule has 1 saturated heterocycles. The van der Waals surface area contributed by atoms with Gasteiger partial charge in [-0.15, -0.1) is 0 Å². The molecule has 0 saturated carbocycles. The Kier molecular flexibility index (Phi) is 6.47. The number of hydrogen-bond acceptors (Lipinski definition) is 2. The van der Waals surface area contributed by atoms with Gasteiger partial charge in [0, 0.05) is 30.6 Å². The van der Waals surface area contributed by atoms with Gasteiger partial charge in [0.15, 0.2) is 0 Å². The first-order valence-corrected chi connectivity index (χ1v) is 11.1. The molecule has 0 radical (unpaired) electrons. The van der Waals surface area contributed by atoms with Gasteiger partial charge in [-0.3, -0.25) is 4.79 Å². The van der Waals surface area contributed by atoms with Crippen LogP contribution in [0.25, 0.3) is 16.9 Å². The lowest BCUT2D eigenvalue weighted by atomic mass is 10.0. The number of quaternary nitrogens is 1. The van der Waals surface area contributed by atoms with Crippen LogP contribution in [0.2, 0.25) is 0 Å². The number of aromatic nitrogens is 2. The van der Waals surface area contributed by atoms with Crippen molar-refractivity contribution in [3.8, 4) is 16.9 Å². The largest absolute Gasteiger partial charge is 0.349 e. The standard InChI is InChI=1S/C25H29FN4O/c1-3-13-29-14-11-21(12-15-29)27-25(31)23-17-30(22-9-7-20(26)8-10-22)28-24(23)19-6-4-5-18(2)16-19/h4-10,16-17,21H,3,11-15H2,1-2H3,(H,27,31)/p+1. The summed E-state index contributed by atoms with van der Waals surface area (Å²) in [7, 11) is 0. The maximum Gasteiger partial charge on any atom is 0.255 e. The molecule has 3 aromatic rings. The van der Waals surface area contributed by atoms with Crippen molar-refractivity contribution >= 4 is 5.91 Å². The molecule has 0 spiro atoms. The van der Waals surface area contributed by atoms with Crippen molar-refractivity contribution in [2.24, 2.45) is 0 Å². The topological polar surface area (TPSA) is 51.4 Å². The summed E-state index contributed by atoms with van der Waals surface area (Å²) in [6.45, 7) is 7.62. The number of carbonyl (C=O) groups excluding carboxylic acids is 1. The Morgan fingerprint density at radius 1 is 1.19 bits per heavy atom. The average Bonchev–Trinajstić information content (AvgIpc) is 3.22. The maximum atomic E-state index is 13.4. The third-order valence-corrected chi connectivity index (χ3v) is 5.97. The summed E-state index contributed by atoms with van der Waals surface area (Å²) in [5.74, 6) is -0.405. The highest BCUT2D eigenvalue weighted by molar-refractivity contribution is 6.00. The van der Waals surface area contributed by atoms with E-state index in [1.165, 1.54) is 25.1 Å². The summed E-state index contributed by atoms with van der Waals surface area (Å²) in [5.41, 5.74) is 3.89. The Bertz CT molecular complexity index is 1040. The van der Waals surface area contributed by atoms with E-state index in [9.17, 15) is 9.18 Å². The van der Waals surface area contributed by atoms with E-state index >= 15 is 0 Å². The minimum absolute atomic E-state index is 0.103. The van der Waals surface area contributed by atoms with Crippen LogP contribution in [0, 0.1) is 12.7 Å². The molecule has 4 rings (SSSR count). The second-order valence-electron chi connectivity index (χ2n) is 8.43. The molecular weight excluding hydrogens is 391 g/mol. The van der Waals surface area contributed by atoms with Gasteiger partial charge in [0.05, 0.1) is 30.9 Å². The molecule has 2 aromatic carbocycles. The molecule has 31 heavy (non-hydrogen) atoms. The number of likely N-dealkylation sites (tertiary alicyclic amines) is 1. The van der Waals surface area contributed by atoms with Gasteiger partial charge in [0.2, 0.25) is 0 Å². The lowest BCUT2D eigenvalue weighted by Gasteiger charge is -2.29. The van der Waals surface area contributed by atoms with E-state index in [4.69, 9.17) is 5.10 Å². The zero-order valence-corrected chi connectivity index (χ0v) is 18.2. The summed E-state index contributed by atoms with van der Waals surface area (Å²) >= 11 is 0. The molecule has 6 heteroatoms. The highest BCUT2D eigenvalue weighted by Gasteiger charge is 2.25. The molecule has 1 aromatic heterocycles. The van der Waals surface area contributed by atoms with Crippen molar-refractivity contribution in [3.05, 3.63) is 71.7 Å². The number of hydrogen-bond donors (Lipinski definition) is 2. The van der Waals surface area contributed by atoms with Crippen molar-refractivity contribution in [1.82, 2.24) is 15.1 Å². The van der Waals surface area contributed by atoms with E-state index in [-0.39, 0.29) is 17.8 Å². The second kappa shape index (κ2) is 9.43. The normalized spacial score (nSPS) is 18.7. The molecule has 162 valence electrons. The lowest BCUT2D eigenvalue weighted by molar-refractivity contribution is -0.905. The van der Waals surface area contributed by atoms with E-state index in [2.05, 4.69) is 12.2 Å². The lowest BCUT2D eigenvalue weighted by Crippen LogP contribution is -3.13. The van der Waals surface area contributed by atoms with Crippen molar-refractivity contribution in [2.75, 3.05) is 19.6 Å². The van der Waals surface area contributed by atoms with Gasteiger partial charge in [-0.1, -0.05) is 30.7 Å². The quantitative estimate of drug-likeness (QED) is 0.642. The number of amides is 1. The smallest absolute Gasteiger partial charge is 0.255 e. The molecule has 1 aliphatic rings. The van der Waals surface area contributed by atoms with Crippen molar-refractivity contribution in [3.63, 3.8) is 0 Å². The van der Waals surface area contributed by atoms with Crippen LogP contribution in [0.1, 0.15) is 42.1 Å². The molecule has 0 bridgehead atoms. The zero-order chi connectivity index (χ0) is 21.8. The monoisotopic (exact) mass is 421 g/mol. The second-order valence-corrected chi connectivity index (χ2v) is 8.43. The SMILES string of the molecule is CCC[NH+]1CCC(NC(=O)c2cn(-c3ccc(F)cc3)nc2-c2cccc(C)c2)CC1. The van der Waals surface area contributed by atoms with Crippen LogP contribution in [-0.4, -0.2) is 41.4 Å². The predicted octanol–water partition coefficient (Wildman–Crippen LogP) is 3.17. The van der Waals surface area contributed by atoms with E-state index in [0.717, 1.165) is 37.1 Å². The highest BCUT2D eigenvalue weighted by Crippen LogP contribution is 2.25. The van der Waals surface area contributed by atoms with Crippen LogP contribution in [0.4, 0.5) is 4.39 Å². The fraction of sp³-hybridized carbons (Fsp3) is 0.360. The van der Waals surface area contributed by atoms with E-state index in [0.29, 0.717) is 16.9 Å².